The van der Waals surface area contributed by atoms with E-state index in [1.54, 1.807) is 12.1 Å². The molecule has 2 heterocycles. The van der Waals surface area contributed by atoms with Crippen molar-refractivity contribution in [1.29, 1.82) is 0 Å². The zero-order valence-electron chi connectivity index (χ0n) is 16.0. The van der Waals surface area contributed by atoms with E-state index in [-0.39, 0.29) is 29.9 Å². The van der Waals surface area contributed by atoms with E-state index in [1.165, 1.54) is 11.2 Å². The van der Waals surface area contributed by atoms with Crippen molar-refractivity contribution in [1.82, 2.24) is 15.1 Å². The van der Waals surface area contributed by atoms with Crippen LogP contribution >= 0.6 is 35.7 Å². The second-order valence-electron chi connectivity index (χ2n) is 6.15. The Morgan fingerprint density at radius 1 is 1.11 bits per heavy atom. The highest BCUT2D eigenvalue weighted by Gasteiger charge is 2.25. The minimum Gasteiger partial charge on any atom is -0.459 e. The third kappa shape index (κ3) is 6.44. The molecule has 1 saturated heterocycles. The Bertz CT molecular complexity index is 732. The van der Waals surface area contributed by atoms with E-state index in [0.29, 0.717) is 18.8 Å². The summed E-state index contributed by atoms with van der Waals surface area (Å²) in [5.41, 5.74) is 0. The van der Waals surface area contributed by atoms with E-state index >= 15 is 0 Å². The van der Waals surface area contributed by atoms with Crippen LogP contribution in [0.5, 0.6) is 0 Å². The van der Waals surface area contributed by atoms with Crippen molar-refractivity contribution in [2.45, 2.75) is 11.8 Å². The molecule has 0 atom stereocenters. The molecule has 0 spiro atoms. The van der Waals surface area contributed by atoms with Crippen molar-refractivity contribution < 1.29 is 9.21 Å². The lowest BCUT2D eigenvalue weighted by molar-refractivity contribution is 0.0657. The number of carbonyl (C=O) groups is 1. The Morgan fingerprint density at radius 2 is 1.82 bits per heavy atom. The van der Waals surface area contributed by atoms with Crippen LogP contribution in [0.4, 0.5) is 0 Å². The molecule has 2 aromatic rings. The number of carbonyl (C=O) groups excluding carboxylic acids is 1. The van der Waals surface area contributed by atoms with E-state index in [4.69, 9.17) is 9.41 Å². The van der Waals surface area contributed by atoms with Gasteiger partial charge in [0, 0.05) is 43.4 Å². The van der Waals surface area contributed by atoms with Crippen molar-refractivity contribution in [2.24, 2.45) is 4.99 Å². The number of nitrogens with zero attached hydrogens (tertiary/aromatic N) is 3. The summed E-state index contributed by atoms with van der Waals surface area (Å²) in [6.45, 7) is 6.54. The van der Waals surface area contributed by atoms with Gasteiger partial charge in [-0.2, -0.15) is 0 Å². The maximum absolute atomic E-state index is 12.4. The van der Waals surface area contributed by atoms with E-state index in [1.807, 2.05) is 22.7 Å². The quantitative estimate of drug-likeness (QED) is 0.211. The number of rotatable bonds is 6. The van der Waals surface area contributed by atoms with Crippen LogP contribution in [0.1, 0.15) is 17.5 Å². The van der Waals surface area contributed by atoms with Crippen molar-refractivity contribution >= 4 is 47.6 Å². The molecule has 1 aliphatic heterocycles. The maximum atomic E-state index is 12.4. The summed E-state index contributed by atoms with van der Waals surface area (Å²) in [6, 6.07) is 13.8. The van der Waals surface area contributed by atoms with Gasteiger partial charge in [0.2, 0.25) is 0 Å². The first-order valence-electron chi connectivity index (χ1n) is 9.32. The Morgan fingerprint density at radius 3 is 2.46 bits per heavy atom. The molecule has 3 rings (SSSR count). The van der Waals surface area contributed by atoms with Crippen LogP contribution in [0, 0.1) is 0 Å². The van der Waals surface area contributed by atoms with E-state index < -0.39 is 0 Å². The van der Waals surface area contributed by atoms with Gasteiger partial charge >= 0.3 is 0 Å². The lowest BCUT2D eigenvalue weighted by atomic mass is 10.3. The first-order chi connectivity index (χ1) is 13.3. The van der Waals surface area contributed by atoms with E-state index in [0.717, 1.165) is 37.9 Å². The van der Waals surface area contributed by atoms with Gasteiger partial charge in [-0.1, -0.05) is 18.2 Å². The molecule has 0 saturated carbocycles. The number of thioether (sulfide) groups is 1. The molecule has 28 heavy (non-hydrogen) atoms. The van der Waals surface area contributed by atoms with Crippen LogP contribution in [-0.4, -0.2) is 66.7 Å². The lowest BCUT2D eigenvalue weighted by Crippen LogP contribution is -2.53. The fraction of sp³-hybridized carbons (Fsp3) is 0.400. The second kappa shape index (κ2) is 12.0. The molecule has 8 heteroatoms. The third-order valence-corrected chi connectivity index (χ3v) is 5.29. The number of halogens is 1. The summed E-state index contributed by atoms with van der Waals surface area (Å²) in [6.07, 6.45) is 1.53. The summed E-state index contributed by atoms with van der Waals surface area (Å²) < 4.78 is 5.22. The number of nitrogens with one attached hydrogen (secondary N) is 1. The number of hydrogen-bond acceptors (Lipinski definition) is 4. The van der Waals surface area contributed by atoms with Gasteiger partial charge in [-0.05, 0) is 31.2 Å². The Hall–Kier alpha value is -1.68. The maximum Gasteiger partial charge on any atom is 0.289 e. The number of guanidine groups is 1. The zero-order chi connectivity index (χ0) is 18.9. The van der Waals surface area contributed by atoms with Gasteiger partial charge in [0.1, 0.15) is 0 Å². The van der Waals surface area contributed by atoms with Gasteiger partial charge in [0.25, 0.3) is 5.91 Å². The molecule has 0 unspecified atom stereocenters. The molecular formula is C20H27IN4O2S. The molecule has 0 aliphatic carbocycles. The summed E-state index contributed by atoms with van der Waals surface area (Å²) in [7, 11) is 0. The highest BCUT2D eigenvalue weighted by molar-refractivity contribution is 14.0. The molecule has 1 fully saturated rings. The molecule has 1 amide bonds. The van der Waals surface area contributed by atoms with Crippen molar-refractivity contribution in [3.8, 4) is 0 Å². The molecule has 1 aromatic heterocycles. The van der Waals surface area contributed by atoms with Crippen LogP contribution in [0.25, 0.3) is 0 Å². The number of piperazine rings is 1. The average Bonchev–Trinajstić information content (AvgIpc) is 3.26. The van der Waals surface area contributed by atoms with Crippen LogP contribution in [0.2, 0.25) is 0 Å². The minimum atomic E-state index is -0.0409. The van der Waals surface area contributed by atoms with Crippen molar-refractivity contribution in [3.63, 3.8) is 0 Å². The van der Waals surface area contributed by atoms with Gasteiger partial charge in [-0.15, -0.1) is 35.7 Å². The molecule has 1 N–H and O–H groups in total. The summed E-state index contributed by atoms with van der Waals surface area (Å²) in [4.78, 5) is 22.5. The summed E-state index contributed by atoms with van der Waals surface area (Å²) in [5.74, 6) is 2.23. The minimum absolute atomic E-state index is 0. The van der Waals surface area contributed by atoms with Crippen LogP contribution in [0.3, 0.4) is 0 Å². The molecule has 6 nitrogen and oxygen atoms in total. The topological polar surface area (TPSA) is 61.1 Å². The standard InChI is InChI=1S/C20H26N4O2S.HI/c1-2-21-20(22-10-16-27-17-7-4-3-5-8-17)24-13-11-23(12-14-24)19(25)18-9-6-15-26-18;/h3-9,15H,2,10-14,16H2,1H3,(H,21,22);1H. The van der Waals surface area contributed by atoms with Gasteiger partial charge < -0.3 is 19.5 Å². The fourth-order valence-electron chi connectivity index (χ4n) is 2.94. The van der Waals surface area contributed by atoms with Crippen LogP contribution in [-0.2, 0) is 0 Å². The highest BCUT2D eigenvalue weighted by Crippen LogP contribution is 2.16. The SMILES string of the molecule is CCNC(=NCCSc1ccccc1)N1CCN(C(=O)c2ccco2)CC1.I. The van der Waals surface area contributed by atoms with E-state index in [9.17, 15) is 4.79 Å². The molecular weight excluding hydrogens is 487 g/mol. The van der Waals surface area contributed by atoms with Crippen molar-refractivity contribution in [3.05, 3.63) is 54.5 Å². The lowest BCUT2D eigenvalue weighted by Gasteiger charge is -2.36. The normalized spacial score (nSPS) is 14.5. The fourth-order valence-corrected chi connectivity index (χ4v) is 3.70. The monoisotopic (exact) mass is 514 g/mol. The number of amides is 1. The summed E-state index contributed by atoms with van der Waals surface area (Å²) >= 11 is 1.81. The number of aliphatic imine (C=N–C) groups is 1. The average molecular weight is 514 g/mol. The molecule has 1 aromatic carbocycles. The molecule has 0 radical (unpaired) electrons. The molecule has 152 valence electrons. The number of hydrogen-bond donors (Lipinski definition) is 1. The van der Waals surface area contributed by atoms with Gasteiger partial charge in [-0.25, -0.2) is 0 Å². The largest absolute Gasteiger partial charge is 0.459 e. The van der Waals surface area contributed by atoms with Gasteiger partial charge in [0.05, 0.1) is 12.8 Å². The highest BCUT2D eigenvalue weighted by atomic mass is 127. The van der Waals surface area contributed by atoms with Gasteiger partial charge in [-0.3, -0.25) is 9.79 Å². The molecule has 0 bridgehead atoms. The predicted octanol–water partition coefficient (Wildman–Crippen LogP) is 3.41. The number of benzene rings is 1. The Balaban J connectivity index is 0.00000280. The Kier molecular flexibility index (Phi) is 9.69. The van der Waals surface area contributed by atoms with Crippen LogP contribution in [0.15, 0.2) is 63.0 Å². The van der Waals surface area contributed by atoms with Crippen LogP contribution < -0.4 is 5.32 Å². The first-order valence-corrected chi connectivity index (χ1v) is 10.3. The van der Waals surface area contributed by atoms with E-state index in [2.05, 4.69) is 41.4 Å². The summed E-state index contributed by atoms with van der Waals surface area (Å²) in [5, 5.41) is 3.37. The predicted molar refractivity (Wildman–Crippen MR) is 125 cm³/mol. The molecule has 1 aliphatic rings. The zero-order valence-corrected chi connectivity index (χ0v) is 19.2. The Labute approximate surface area is 187 Å². The first kappa shape index (κ1) is 22.6. The van der Waals surface area contributed by atoms with Crippen molar-refractivity contribution in [2.75, 3.05) is 45.0 Å². The third-order valence-electron chi connectivity index (χ3n) is 4.30. The van der Waals surface area contributed by atoms with Gasteiger partial charge in [0.15, 0.2) is 11.7 Å². The second-order valence-corrected chi connectivity index (χ2v) is 7.32. The smallest absolute Gasteiger partial charge is 0.289 e. The number of furan rings is 1.